The van der Waals surface area contributed by atoms with Crippen molar-refractivity contribution in [1.29, 1.82) is 0 Å². The molecule has 0 unspecified atom stereocenters. The molecule has 0 atom stereocenters. The third-order valence-corrected chi connectivity index (χ3v) is 4.19. The molecule has 0 spiro atoms. The molecule has 1 aliphatic rings. The number of nitrogens with one attached hydrogen (secondary N) is 1. The molecule has 2 heterocycles. The van der Waals surface area contributed by atoms with Crippen LogP contribution in [0.25, 0.3) is 0 Å². The van der Waals surface area contributed by atoms with E-state index < -0.39 is 0 Å². The van der Waals surface area contributed by atoms with E-state index in [4.69, 9.17) is 13.9 Å². The van der Waals surface area contributed by atoms with Gasteiger partial charge in [0.05, 0.1) is 12.9 Å². The van der Waals surface area contributed by atoms with Gasteiger partial charge < -0.3 is 29.0 Å². The number of carbonyl (C=O) groups excluding carboxylic acids is 2. The molecule has 1 aromatic heterocycles. The van der Waals surface area contributed by atoms with E-state index >= 15 is 0 Å². The molecule has 1 N–H and O–H groups in total. The predicted octanol–water partition coefficient (Wildman–Crippen LogP) is 2.18. The van der Waals surface area contributed by atoms with Gasteiger partial charge in [-0.3, -0.25) is 4.79 Å². The first-order valence-corrected chi connectivity index (χ1v) is 8.89. The van der Waals surface area contributed by atoms with Gasteiger partial charge in [0, 0.05) is 26.2 Å². The van der Waals surface area contributed by atoms with Gasteiger partial charge in [-0.25, -0.2) is 4.79 Å². The average Bonchev–Trinajstić information content (AvgIpc) is 3.24. The Labute approximate surface area is 157 Å². The number of hydrogen-bond donors (Lipinski definition) is 1. The van der Waals surface area contributed by atoms with Gasteiger partial charge in [0.15, 0.2) is 24.0 Å². The van der Waals surface area contributed by atoms with Gasteiger partial charge >= 0.3 is 6.03 Å². The average molecular weight is 373 g/mol. The number of hydrogen-bond acceptors (Lipinski definition) is 5. The Morgan fingerprint density at radius 1 is 1.00 bits per heavy atom. The van der Waals surface area contributed by atoms with Crippen molar-refractivity contribution in [3.8, 4) is 11.5 Å². The number of furan rings is 1. The van der Waals surface area contributed by atoms with E-state index in [-0.39, 0.29) is 18.7 Å². The van der Waals surface area contributed by atoms with Crippen LogP contribution in [0.15, 0.2) is 47.1 Å². The van der Waals surface area contributed by atoms with Crippen LogP contribution in [0, 0.1) is 0 Å². The summed E-state index contributed by atoms with van der Waals surface area (Å²) < 4.78 is 16.2. The van der Waals surface area contributed by atoms with Crippen LogP contribution in [0.1, 0.15) is 17.5 Å². The van der Waals surface area contributed by atoms with Crippen molar-refractivity contribution in [1.82, 2.24) is 15.1 Å². The summed E-state index contributed by atoms with van der Waals surface area (Å²) in [6.45, 7) is 4.29. The maximum Gasteiger partial charge on any atom is 0.320 e. The molecule has 0 radical (unpaired) electrons. The van der Waals surface area contributed by atoms with E-state index in [2.05, 4.69) is 5.32 Å². The molecule has 3 amide bonds. The number of piperazine rings is 1. The van der Waals surface area contributed by atoms with Crippen LogP contribution in [0.3, 0.4) is 0 Å². The molecule has 8 nitrogen and oxygen atoms in total. The van der Waals surface area contributed by atoms with Gasteiger partial charge in [0.1, 0.15) is 0 Å². The third kappa shape index (κ3) is 4.72. The van der Waals surface area contributed by atoms with Crippen molar-refractivity contribution < 1.29 is 23.5 Å². The highest BCUT2D eigenvalue weighted by atomic mass is 16.5. The van der Waals surface area contributed by atoms with E-state index in [0.29, 0.717) is 50.0 Å². The Hall–Kier alpha value is -3.16. The monoisotopic (exact) mass is 373 g/mol. The molecule has 1 fully saturated rings. The van der Waals surface area contributed by atoms with Gasteiger partial charge in [-0.05, 0) is 31.2 Å². The van der Waals surface area contributed by atoms with Crippen LogP contribution >= 0.6 is 0 Å². The van der Waals surface area contributed by atoms with Gasteiger partial charge in [-0.2, -0.15) is 0 Å². The normalized spacial score (nSPS) is 14.0. The number of benzene rings is 1. The lowest BCUT2D eigenvalue weighted by atomic mass is 10.3. The molecule has 0 bridgehead atoms. The summed E-state index contributed by atoms with van der Waals surface area (Å²) in [7, 11) is 0. The summed E-state index contributed by atoms with van der Waals surface area (Å²) in [6, 6.07) is 10.4. The Bertz CT molecular complexity index is 754. The number of ether oxygens (including phenoxy) is 2. The zero-order valence-electron chi connectivity index (χ0n) is 15.2. The summed E-state index contributed by atoms with van der Waals surface area (Å²) >= 11 is 0. The molecule has 144 valence electrons. The van der Waals surface area contributed by atoms with Crippen LogP contribution in [-0.2, 0) is 0 Å². The highest BCUT2D eigenvalue weighted by Crippen LogP contribution is 2.25. The number of para-hydroxylation sites is 2. The quantitative estimate of drug-likeness (QED) is 0.785. The fourth-order valence-electron chi connectivity index (χ4n) is 2.80. The number of carbonyl (C=O) groups is 2. The lowest BCUT2D eigenvalue weighted by Crippen LogP contribution is -2.53. The lowest BCUT2D eigenvalue weighted by molar-refractivity contribution is 0.0631. The summed E-state index contributed by atoms with van der Waals surface area (Å²) in [4.78, 5) is 27.9. The molecule has 2 aromatic rings. The van der Waals surface area contributed by atoms with Crippen molar-refractivity contribution in [3.05, 3.63) is 48.4 Å². The summed E-state index contributed by atoms with van der Waals surface area (Å²) in [5.74, 6) is 1.37. The molecule has 1 aromatic carbocycles. The van der Waals surface area contributed by atoms with Crippen molar-refractivity contribution in [3.63, 3.8) is 0 Å². The minimum atomic E-state index is -0.228. The third-order valence-electron chi connectivity index (χ3n) is 4.19. The fourth-order valence-corrected chi connectivity index (χ4v) is 2.80. The number of rotatable bonds is 6. The standard InChI is InChI=1S/C19H23N3O5/c1-2-25-15-6-3-4-7-16(15)27-14-20-19(24)22-11-9-21(10-12-22)18(23)17-8-5-13-26-17/h3-8,13H,2,9-12,14H2,1H3,(H,20,24). The molecular weight excluding hydrogens is 350 g/mol. The second-order valence-electron chi connectivity index (χ2n) is 5.91. The van der Waals surface area contributed by atoms with Crippen LogP contribution in [0.2, 0.25) is 0 Å². The minimum Gasteiger partial charge on any atom is -0.490 e. The summed E-state index contributed by atoms with van der Waals surface area (Å²) in [5.41, 5.74) is 0. The minimum absolute atomic E-state index is 0.0362. The SMILES string of the molecule is CCOc1ccccc1OCNC(=O)N1CCN(C(=O)c2ccco2)CC1. The molecular formula is C19H23N3O5. The molecule has 1 saturated heterocycles. The molecule has 3 rings (SSSR count). The predicted molar refractivity (Wildman–Crippen MR) is 97.8 cm³/mol. The van der Waals surface area contributed by atoms with Crippen LogP contribution in [0.4, 0.5) is 4.79 Å². The fraction of sp³-hybridized carbons (Fsp3) is 0.368. The van der Waals surface area contributed by atoms with E-state index in [1.165, 1.54) is 6.26 Å². The first-order chi connectivity index (χ1) is 13.2. The Morgan fingerprint density at radius 2 is 1.67 bits per heavy atom. The van der Waals surface area contributed by atoms with Gasteiger partial charge in [0.2, 0.25) is 0 Å². The lowest BCUT2D eigenvalue weighted by Gasteiger charge is -2.34. The Kier molecular flexibility index (Phi) is 6.19. The summed E-state index contributed by atoms with van der Waals surface area (Å²) in [5, 5.41) is 2.73. The van der Waals surface area contributed by atoms with Gasteiger partial charge in [0.25, 0.3) is 5.91 Å². The number of urea groups is 1. The summed E-state index contributed by atoms with van der Waals surface area (Å²) in [6.07, 6.45) is 1.47. The first-order valence-electron chi connectivity index (χ1n) is 8.89. The smallest absolute Gasteiger partial charge is 0.320 e. The maximum absolute atomic E-state index is 12.3. The zero-order valence-corrected chi connectivity index (χ0v) is 15.2. The van der Waals surface area contributed by atoms with Crippen LogP contribution in [0.5, 0.6) is 11.5 Å². The molecule has 8 heteroatoms. The molecule has 0 saturated carbocycles. The molecule has 27 heavy (non-hydrogen) atoms. The van der Waals surface area contributed by atoms with Gasteiger partial charge in [-0.1, -0.05) is 12.1 Å². The number of amides is 3. The molecule has 0 aliphatic carbocycles. The number of nitrogens with zero attached hydrogens (tertiary/aromatic N) is 2. The van der Waals surface area contributed by atoms with E-state index in [0.717, 1.165) is 0 Å². The highest BCUT2D eigenvalue weighted by Gasteiger charge is 2.25. The first kappa shape index (κ1) is 18.6. The van der Waals surface area contributed by atoms with Crippen LogP contribution < -0.4 is 14.8 Å². The second kappa shape index (κ2) is 8.98. The molecule has 1 aliphatic heterocycles. The Balaban J connectivity index is 1.43. The van der Waals surface area contributed by atoms with E-state index in [1.54, 1.807) is 28.0 Å². The van der Waals surface area contributed by atoms with Crippen molar-refractivity contribution in [2.45, 2.75) is 6.92 Å². The van der Waals surface area contributed by atoms with Crippen molar-refractivity contribution in [2.24, 2.45) is 0 Å². The largest absolute Gasteiger partial charge is 0.490 e. The van der Waals surface area contributed by atoms with Crippen molar-refractivity contribution >= 4 is 11.9 Å². The topological polar surface area (TPSA) is 84.3 Å². The zero-order chi connectivity index (χ0) is 19.1. The second-order valence-corrected chi connectivity index (χ2v) is 5.91. The van der Waals surface area contributed by atoms with Crippen LogP contribution in [-0.4, -0.2) is 61.3 Å². The van der Waals surface area contributed by atoms with E-state index in [9.17, 15) is 9.59 Å². The van der Waals surface area contributed by atoms with E-state index in [1.807, 2.05) is 25.1 Å². The Morgan fingerprint density at radius 3 is 2.30 bits per heavy atom. The van der Waals surface area contributed by atoms with Gasteiger partial charge in [-0.15, -0.1) is 0 Å². The van der Waals surface area contributed by atoms with Crippen molar-refractivity contribution in [2.75, 3.05) is 39.5 Å². The maximum atomic E-state index is 12.3. The highest BCUT2D eigenvalue weighted by molar-refractivity contribution is 5.91.